The summed E-state index contributed by atoms with van der Waals surface area (Å²) in [5.41, 5.74) is 0. The minimum Gasteiger partial charge on any atom is -0.328 e. The van der Waals surface area contributed by atoms with Crippen LogP contribution in [0.25, 0.3) is 0 Å². The Kier molecular flexibility index (Phi) is 5.41. The van der Waals surface area contributed by atoms with Crippen molar-refractivity contribution >= 4 is 0 Å². The SMILES string of the molecule is CCCC[C@H](c1nnnn1C1CCCC1)[NH+]1CC[NH+](C)CC1. The number of tetrazole rings is 1. The molecule has 1 saturated carbocycles. The van der Waals surface area contributed by atoms with E-state index >= 15 is 0 Å². The van der Waals surface area contributed by atoms with Gasteiger partial charge in [0.15, 0.2) is 0 Å². The van der Waals surface area contributed by atoms with Crippen LogP contribution in [0.5, 0.6) is 0 Å². The zero-order valence-corrected chi connectivity index (χ0v) is 14.2. The molecule has 2 N–H and O–H groups in total. The fourth-order valence-corrected chi connectivity index (χ4v) is 4.11. The van der Waals surface area contributed by atoms with E-state index in [4.69, 9.17) is 0 Å². The summed E-state index contributed by atoms with van der Waals surface area (Å²) >= 11 is 0. The summed E-state index contributed by atoms with van der Waals surface area (Å²) in [6.45, 7) is 7.31. The number of piperazine rings is 1. The van der Waals surface area contributed by atoms with Gasteiger partial charge in [0.05, 0.1) is 13.1 Å². The highest BCUT2D eigenvalue weighted by atomic mass is 15.6. The molecule has 6 nitrogen and oxygen atoms in total. The predicted molar refractivity (Wildman–Crippen MR) is 84.9 cm³/mol. The number of nitrogens with one attached hydrogen (secondary N) is 2. The monoisotopic (exact) mass is 308 g/mol. The topological polar surface area (TPSA) is 52.5 Å². The Balaban J connectivity index is 1.78. The quantitative estimate of drug-likeness (QED) is 0.740. The van der Waals surface area contributed by atoms with Crippen LogP contribution in [0.4, 0.5) is 0 Å². The first-order valence-corrected chi connectivity index (χ1v) is 9.23. The molecule has 1 aliphatic carbocycles. The highest BCUT2D eigenvalue weighted by Gasteiger charge is 2.34. The summed E-state index contributed by atoms with van der Waals surface area (Å²) in [6, 6.07) is 1.04. The van der Waals surface area contributed by atoms with Gasteiger partial charge in [0.2, 0.25) is 5.82 Å². The van der Waals surface area contributed by atoms with E-state index in [1.54, 1.807) is 9.80 Å². The van der Waals surface area contributed by atoms with Gasteiger partial charge in [0, 0.05) is 6.42 Å². The standard InChI is InChI=1S/C16H30N6/c1-3-4-9-15(21-12-10-20(2)11-13-21)16-17-18-19-22(16)14-7-5-6-8-14/h14-15H,3-13H2,1-2H3/p+2/t15-/m1/s1. The van der Waals surface area contributed by atoms with Gasteiger partial charge in [-0.25, -0.2) is 4.68 Å². The van der Waals surface area contributed by atoms with E-state index < -0.39 is 0 Å². The van der Waals surface area contributed by atoms with Crippen LogP contribution in [-0.2, 0) is 0 Å². The molecule has 22 heavy (non-hydrogen) atoms. The van der Waals surface area contributed by atoms with Gasteiger partial charge in [-0.2, -0.15) is 0 Å². The molecule has 1 aromatic rings. The third kappa shape index (κ3) is 3.49. The van der Waals surface area contributed by atoms with Gasteiger partial charge in [0.25, 0.3) is 0 Å². The molecule has 124 valence electrons. The zero-order valence-electron chi connectivity index (χ0n) is 14.2. The van der Waals surface area contributed by atoms with Crippen molar-refractivity contribution in [2.45, 2.75) is 64.0 Å². The lowest BCUT2D eigenvalue weighted by atomic mass is 10.1. The molecule has 1 atom stereocenters. The summed E-state index contributed by atoms with van der Waals surface area (Å²) < 4.78 is 2.19. The zero-order chi connectivity index (χ0) is 15.4. The maximum atomic E-state index is 4.48. The van der Waals surface area contributed by atoms with E-state index in [0.29, 0.717) is 12.1 Å². The first-order valence-electron chi connectivity index (χ1n) is 9.23. The Bertz CT molecular complexity index is 445. The molecule has 2 aliphatic rings. The first-order chi connectivity index (χ1) is 10.8. The van der Waals surface area contributed by atoms with Crippen molar-refractivity contribution in [3.05, 3.63) is 5.82 Å². The number of hydrogen-bond donors (Lipinski definition) is 2. The van der Waals surface area contributed by atoms with Crippen molar-refractivity contribution in [1.82, 2.24) is 20.2 Å². The molecule has 1 aliphatic heterocycles. The highest BCUT2D eigenvalue weighted by Crippen LogP contribution is 2.30. The minimum absolute atomic E-state index is 0.489. The van der Waals surface area contributed by atoms with Crippen molar-refractivity contribution < 1.29 is 9.80 Å². The van der Waals surface area contributed by atoms with Crippen LogP contribution in [0.3, 0.4) is 0 Å². The summed E-state index contributed by atoms with van der Waals surface area (Å²) in [4.78, 5) is 3.36. The third-order valence-electron chi connectivity index (χ3n) is 5.59. The summed E-state index contributed by atoms with van der Waals surface area (Å²) in [5, 5.41) is 12.9. The maximum Gasteiger partial charge on any atom is 0.209 e. The van der Waals surface area contributed by atoms with Crippen LogP contribution >= 0.6 is 0 Å². The summed E-state index contributed by atoms with van der Waals surface area (Å²) in [7, 11) is 2.31. The van der Waals surface area contributed by atoms with Gasteiger partial charge in [-0.3, -0.25) is 0 Å². The Morgan fingerprint density at radius 2 is 1.91 bits per heavy atom. The molecule has 1 aromatic heterocycles. The van der Waals surface area contributed by atoms with Crippen molar-refractivity contribution in [3.8, 4) is 0 Å². The number of quaternary nitrogens is 2. The van der Waals surface area contributed by atoms with Gasteiger partial charge in [-0.05, 0) is 29.7 Å². The number of unbranched alkanes of at least 4 members (excludes halogenated alkanes) is 1. The van der Waals surface area contributed by atoms with E-state index in [9.17, 15) is 0 Å². The first kappa shape index (κ1) is 15.9. The Hall–Kier alpha value is -1.01. The van der Waals surface area contributed by atoms with Gasteiger partial charge in [0.1, 0.15) is 32.2 Å². The smallest absolute Gasteiger partial charge is 0.209 e. The van der Waals surface area contributed by atoms with Crippen molar-refractivity contribution in [2.24, 2.45) is 0 Å². The lowest BCUT2D eigenvalue weighted by Crippen LogP contribution is -3.27. The van der Waals surface area contributed by atoms with E-state index in [1.807, 2.05) is 0 Å². The molecule has 2 heterocycles. The average Bonchev–Trinajstić information content (AvgIpc) is 3.20. The lowest BCUT2D eigenvalue weighted by molar-refractivity contribution is -1.02. The van der Waals surface area contributed by atoms with Crippen LogP contribution in [-0.4, -0.2) is 53.4 Å². The molecule has 0 unspecified atom stereocenters. The van der Waals surface area contributed by atoms with Crippen LogP contribution in [0.15, 0.2) is 0 Å². The number of rotatable bonds is 6. The number of hydrogen-bond acceptors (Lipinski definition) is 3. The lowest BCUT2D eigenvalue weighted by Gasteiger charge is -2.33. The molecule has 0 amide bonds. The Morgan fingerprint density at radius 1 is 1.18 bits per heavy atom. The number of nitrogens with zero attached hydrogens (tertiary/aromatic N) is 4. The predicted octanol–water partition coefficient (Wildman–Crippen LogP) is -0.567. The van der Waals surface area contributed by atoms with Crippen LogP contribution in [0, 0.1) is 0 Å². The van der Waals surface area contributed by atoms with Crippen LogP contribution < -0.4 is 9.80 Å². The second kappa shape index (κ2) is 7.51. The molecular formula is C16H32N6+2. The highest BCUT2D eigenvalue weighted by molar-refractivity contribution is 4.91. The molecular weight excluding hydrogens is 276 g/mol. The molecule has 0 bridgehead atoms. The van der Waals surface area contributed by atoms with Crippen molar-refractivity contribution in [1.29, 1.82) is 0 Å². The average molecular weight is 308 g/mol. The van der Waals surface area contributed by atoms with Gasteiger partial charge in [-0.15, -0.1) is 5.10 Å². The van der Waals surface area contributed by atoms with Crippen LogP contribution in [0.2, 0.25) is 0 Å². The van der Waals surface area contributed by atoms with E-state index in [1.165, 1.54) is 71.1 Å². The second-order valence-corrected chi connectivity index (χ2v) is 7.23. The summed E-state index contributed by atoms with van der Waals surface area (Å²) in [6.07, 6.45) is 8.90. The fraction of sp³-hybridized carbons (Fsp3) is 0.938. The Morgan fingerprint density at radius 3 is 2.59 bits per heavy atom. The molecule has 3 rings (SSSR count). The molecule has 0 radical (unpaired) electrons. The minimum atomic E-state index is 0.489. The van der Waals surface area contributed by atoms with E-state index in [2.05, 4.69) is 34.2 Å². The second-order valence-electron chi connectivity index (χ2n) is 7.23. The summed E-state index contributed by atoms with van der Waals surface area (Å²) in [5.74, 6) is 1.16. The number of aromatic nitrogens is 4. The third-order valence-corrected chi connectivity index (χ3v) is 5.59. The van der Waals surface area contributed by atoms with Crippen LogP contribution in [0.1, 0.15) is 69.8 Å². The normalized spacial score (nSPS) is 28.1. The van der Waals surface area contributed by atoms with Crippen molar-refractivity contribution in [3.63, 3.8) is 0 Å². The molecule has 6 heteroatoms. The Labute approximate surface area is 133 Å². The van der Waals surface area contributed by atoms with Crippen molar-refractivity contribution in [2.75, 3.05) is 33.2 Å². The van der Waals surface area contributed by atoms with Gasteiger partial charge >= 0.3 is 0 Å². The molecule has 2 fully saturated rings. The fourth-order valence-electron chi connectivity index (χ4n) is 4.11. The van der Waals surface area contributed by atoms with Gasteiger partial charge < -0.3 is 9.80 Å². The number of likely N-dealkylation sites (N-methyl/N-ethyl adjacent to an activating group) is 1. The largest absolute Gasteiger partial charge is 0.328 e. The van der Waals surface area contributed by atoms with E-state index in [0.717, 1.165) is 5.82 Å². The molecule has 0 aromatic carbocycles. The van der Waals surface area contributed by atoms with Gasteiger partial charge in [-0.1, -0.05) is 26.2 Å². The van der Waals surface area contributed by atoms with E-state index in [-0.39, 0.29) is 0 Å². The molecule has 1 saturated heterocycles. The molecule has 0 spiro atoms. The maximum absolute atomic E-state index is 4.48.